The minimum atomic E-state index is -0.271. The van der Waals surface area contributed by atoms with Crippen LogP contribution in [0.2, 0.25) is 5.02 Å². The van der Waals surface area contributed by atoms with Gasteiger partial charge in [-0.05, 0) is 38.0 Å². The summed E-state index contributed by atoms with van der Waals surface area (Å²) in [5.74, 6) is 0.233. The Kier molecular flexibility index (Phi) is 6.01. The topological polar surface area (TPSA) is 71.5 Å². The molecule has 144 valence electrons. The van der Waals surface area contributed by atoms with Gasteiger partial charge in [-0.2, -0.15) is 0 Å². The molecule has 27 heavy (non-hydrogen) atoms. The molecule has 0 atom stereocenters. The predicted octanol–water partition coefficient (Wildman–Crippen LogP) is 4.66. The standard InChI is InChI=1S/C19H22ClN3O3S/c1-11-17(18(25)22-13-8-9-16(26-3)15(20)10-13)27-19(21-11)23(12(2)24)14-6-4-5-7-14/h8-10,14H,4-7H2,1-3H3,(H,22,25). The molecular formula is C19H22ClN3O3S. The highest BCUT2D eigenvalue weighted by molar-refractivity contribution is 7.18. The van der Waals surface area contributed by atoms with Gasteiger partial charge in [-0.3, -0.25) is 14.5 Å². The second-order valence-electron chi connectivity index (χ2n) is 6.54. The predicted molar refractivity (Wildman–Crippen MR) is 108 cm³/mol. The van der Waals surface area contributed by atoms with Crippen molar-refractivity contribution in [1.82, 2.24) is 4.98 Å². The van der Waals surface area contributed by atoms with Crippen molar-refractivity contribution in [2.75, 3.05) is 17.3 Å². The zero-order valence-corrected chi connectivity index (χ0v) is 17.1. The van der Waals surface area contributed by atoms with Gasteiger partial charge >= 0.3 is 0 Å². The van der Waals surface area contributed by atoms with Gasteiger partial charge in [0, 0.05) is 18.7 Å². The molecule has 1 N–H and O–H groups in total. The summed E-state index contributed by atoms with van der Waals surface area (Å²) in [6.45, 7) is 3.33. The van der Waals surface area contributed by atoms with Crippen LogP contribution in [0.3, 0.4) is 0 Å². The molecule has 1 saturated carbocycles. The van der Waals surface area contributed by atoms with E-state index in [1.54, 1.807) is 36.9 Å². The van der Waals surface area contributed by atoms with E-state index >= 15 is 0 Å². The number of carbonyl (C=O) groups is 2. The number of aromatic nitrogens is 1. The first-order valence-electron chi connectivity index (χ1n) is 8.83. The smallest absolute Gasteiger partial charge is 0.267 e. The van der Waals surface area contributed by atoms with E-state index in [0.717, 1.165) is 25.7 Å². The van der Waals surface area contributed by atoms with Crippen LogP contribution in [-0.4, -0.2) is 29.9 Å². The monoisotopic (exact) mass is 407 g/mol. The number of thiazole rings is 1. The SMILES string of the molecule is COc1ccc(NC(=O)c2sc(N(C(C)=O)C3CCCC3)nc2C)cc1Cl. The summed E-state index contributed by atoms with van der Waals surface area (Å²) in [5, 5.41) is 3.84. The first-order chi connectivity index (χ1) is 12.9. The van der Waals surface area contributed by atoms with Crippen LogP contribution in [0.1, 0.15) is 48.0 Å². The van der Waals surface area contributed by atoms with Crippen molar-refractivity contribution in [3.8, 4) is 5.75 Å². The average Bonchev–Trinajstić information content (AvgIpc) is 3.25. The van der Waals surface area contributed by atoms with Crippen LogP contribution in [0.25, 0.3) is 0 Å². The maximum absolute atomic E-state index is 12.7. The van der Waals surface area contributed by atoms with E-state index in [4.69, 9.17) is 16.3 Å². The Labute approximate surface area is 167 Å². The number of ether oxygens (including phenoxy) is 1. The summed E-state index contributed by atoms with van der Waals surface area (Å²) in [7, 11) is 1.53. The molecule has 1 fully saturated rings. The Bertz CT molecular complexity index is 862. The normalized spacial score (nSPS) is 14.2. The molecule has 8 heteroatoms. The molecule has 1 heterocycles. The molecule has 0 bridgehead atoms. The molecule has 2 aromatic rings. The lowest BCUT2D eigenvalue weighted by Crippen LogP contribution is -2.37. The summed E-state index contributed by atoms with van der Waals surface area (Å²) >= 11 is 7.36. The van der Waals surface area contributed by atoms with Crippen LogP contribution in [0.15, 0.2) is 18.2 Å². The van der Waals surface area contributed by atoms with Gasteiger partial charge < -0.3 is 10.1 Å². The van der Waals surface area contributed by atoms with E-state index in [9.17, 15) is 9.59 Å². The second kappa shape index (κ2) is 8.27. The third-order valence-electron chi connectivity index (χ3n) is 4.64. The van der Waals surface area contributed by atoms with Crippen LogP contribution in [0, 0.1) is 6.92 Å². The fraction of sp³-hybridized carbons (Fsp3) is 0.421. The molecule has 2 amide bonds. The van der Waals surface area contributed by atoms with Gasteiger partial charge in [0.25, 0.3) is 5.91 Å². The largest absolute Gasteiger partial charge is 0.495 e. The third-order valence-corrected chi connectivity index (χ3v) is 6.09. The van der Waals surface area contributed by atoms with Gasteiger partial charge in [0.2, 0.25) is 5.91 Å². The van der Waals surface area contributed by atoms with Crippen LogP contribution in [0.4, 0.5) is 10.8 Å². The quantitative estimate of drug-likeness (QED) is 0.782. The minimum Gasteiger partial charge on any atom is -0.495 e. The van der Waals surface area contributed by atoms with E-state index in [-0.39, 0.29) is 17.9 Å². The van der Waals surface area contributed by atoms with Crippen molar-refractivity contribution in [3.05, 3.63) is 33.8 Å². The summed E-state index contributed by atoms with van der Waals surface area (Å²) < 4.78 is 5.12. The Morgan fingerprint density at radius 2 is 2.04 bits per heavy atom. The number of anilines is 2. The van der Waals surface area contributed by atoms with E-state index in [1.807, 2.05) is 0 Å². The van der Waals surface area contributed by atoms with Crippen LogP contribution in [0.5, 0.6) is 5.75 Å². The van der Waals surface area contributed by atoms with Gasteiger partial charge in [0.05, 0.1) is 17.8 Å². The molecule has 0 spiro atoms. The number of nitrogens with one attached hydrogen (secondary N) is 1. The molecule has 0 radical (unpaired) electrons. The maximum Gasteiger partial charge on any atom is 0.267 e. The van der Waals surface area contributed by atoms with Crippen LogP contribution in [-0.2, 0) is 4.79 Å². The number of amides is 2. The highest BCUT2D eigenvalue weighted by Gasteiger charge is 2.29. The number of benzene rings is 1. The zero-order chi connectivity index (χ0) is 19.6. The number of nitrogens with zero attached hydrogens (tertiary/aromatic N) is 2. The van der Waals surface area contributed by atoms with Crippen molar-refractivity contribution in [3.63, 3.8) is 0 Å². The summed E-state index contributed by atoms with van der Waals surface area (Å²) in [5.41, 5.74) is 1.18. The van der Waals surface area contributed by atoms with Gasteiger partial charge in [-0.1, -0.05) is 35.8 Å². The van der Waals surface area contributed by atoms with Crippen LogP contribution >= 0.6 is 22.9 Å². The number of methoxy groups -OCH3 is 1. The average molecular weight is 408 g/mol. The Hall–Kier alpha value is -2.12. The Morgan fingerprint density at radius 3 is 2.63 bits per heavy atom. The van der Waals surface area contributed by atoms with Gasteiger partial charge in [0.1, 0.15) is 10.6 Å². The van der Waals surface area contributed by atoms with Gasteiger partial charge in [-0.25, -0.2) is 4.98 Å². The maximum atomic E-state index is 12.7. The summed E-state index contributed by atoms with van der Waals surface area (Å²) in [6, 6.07) is 5.22. The van der Waals surface area contributed by atoms with Crippen molar-refractivity contribution in [1.29, 1.82) is 0 Å². The number of hydrogen-bond acceptors (Lipinski definition) is 5. The number of carbonyl (C=O) groups excluding carboxylic acids is 2. The highest BCUT2D eigenvalue weighted by Crippen LogP contribution is 2.33. The lowest BCUT2D eigenvalue weighted by molar-refractivity contribution is -0.117. The highest BCUT2D eigenvalue weighted by atomic mass is 35.5. The number of halogens is 1. The number of aryl methyl sites for hydroxylation is 1. The first kappa shape index (κ1) is 19.6. The molecule has 3 rings (SSSR count). The molecule has 0 aliphatic heterocycles. The number of rotatable bonds is 5. The lowest BCUT2D eigenvalue weighted by Gasteiger charge is -2.24. The van der Waals surface area contributed by atoms with Crippen molar-refractivity contribution in [2.45, 2.75) is 45.6 Å². The third kappa shape index (κ3) is 4.25. The first-order valence-corrected chi connectivity index (χ1v) is 10.0. The number of hydrogen-bond donors (Lipinski definition) is 1. The zero-order valence-electron chi connectivity index (χ0n) is 15.5. The molecule has 1 aliphatic carbocycles. The van der Waals surface area contributed by atoms with E-state index < -0.39 is 0 Å². The fourth-order valence-corrected chi connectivity index (χ4v) is 4.67. The molecule has 0 unspecified atom stereocenters. The van der Waals surface area contributed by atoms with Gasteiger partial charge in [-0.15, -0.1) is 0 Å². The fourth-order valence-electron chi connectivity index (χ4n) is 3.34. The summed E-state index contributed by atoms with van der Waals surface area (Å²) in [6.07, 6.45) is 4.18. The van der Waals surface area contributed by atoms with E-state index in [1.165, 1.54) is 18.4 Å². The second-order valence-corrected chi connectivity index (χ2v) is 7.93. The summed E-state index contributed by atoms with van der Waals surface area (Å²) in [4.78, 5) is 31.6. The van der Waals surface area contributed by atoms with Gasteiger partial charge in [0.15, 0.2) is 5.13 Å². The molecular weight excluding hydrogens is 386 g/mol. The van der Waals surface area contributed by atoms with Crippen molar-refractivity contribution in [2.24, 2.45) is 0 Å². The van der Waals surface area contributed by atoms with Crippen molar-refractivity contribution >= 4 is 45.6 Å². The Morgan fingerprint density at radius 1 is 1.33 bits per heavy atom. The molecule has 1 aromatic carbocycles. The molecule has 1 aliphatic rings. The van der Waals surface area contributed by atoms with Crippen molar-refractivity contribution < 1.29 is 14.3 Å². The van der Waals surface area contributed by atoms with E-state index in [2.05, 4.69) is 10.3 Å². The van der Waals surface area contributed by atoms with E-state index in [0.29, 0.717) is 32.2 Å². The minimum absolute atomic E-state index is 0.0375. The molecule has 6 nitrogen and oxygen atoms in total. The molecule has 1 aromatic heterocycles. The Balaban J connectivity index is 1.81. The molecule has 0 saturated heterocycles. The van der Waals surface area contributed by atoms with Crippen LogP contribution < -0.4 is 15.0 Å². The lowest BCUT2D eigenvalue weighted by atomic mass is 10.2.